The van der Waals surface area contributed by atoms with Crippen LogP contribution in [0.2, 0.25) is 0 Å². The summed E-state index contributed by atoms with van der Waals surface area (Å²) in [4.78, 5) is 9.87. The summed E-state index contributed by atoms with van der Waals surface area (Å²) in [7, 11) is 0. The van der Waals surface area contributed by atoms with Gasteiger partial charge < -0.3 is 5.32 Å². The molecule has 30 heavy (non-hydrogen) atoms. The van der Waals surface area contributed by atoms with Crippen LogP contribution in [0.25, 0.3) is 11.3 Å². The average molecular weight is 406 g/mol. The highest BCUT2D eigenvalue weighted by Crippen LogP contribution is 2.32. The largest absolute Gasteiger partial charge is 0.379 e. The SMILES string of the molecule is C=C(C)c1nc(CCC2=C(C)C3NC=CC(CC)=C(CCC)C3=N2)nn1/C(C)=C\C. The number of nitrogens with zero attached hydrogens (tertiary/aromatic N) is 4. The molecule has 2 aliphatic heterocycles. The summed E-state index contributed by atoms with van der Waals surface area (Å²) < 4.78 is 1.89. The number of hydrogen-bond acceptors (Lipinski definition) is 4. The van der Waals surface area contributed by atoms with Gasteiger partial charge in [-0.05, 0) is 81.5 Å². The van der Waals surface area contributed by atoms with E-state index in [1.165, 1.54) is 22.4 Å². The standard InChI is InChI=1S/C25H35N5/c1-8-11-20-19(10-3)14-15-26-23-18(7)21(27-24(20)23)12-13-22-28-25(16(4)5)30(29-22)17(6)9-2/h9,14-15,23,26H,4,8,10-13H2,1-3,5-7H3/b17-9-. The molecule has 0 fully saturated rings. The molecule has 0 spiro atoms. The fourth-order valence-corrected chi connectivity index (χ4v) is 4.08. The molecule has 5 nitrogen and oxygen atoms in total. The zero-order valence-electron chi connectivity index (χ0n) is 19.3. The number of hydrogen-bond donors (Lipinski definition) is 1. The normalized spacial score (nSPS) is 19.1. The van der Waals surface area contributed by atoms with Gasteiger partial charge in [0, 0.05) is 17.8 Å². The minimum Gasteiger partial charge on any atom is -0.379 e. The second kappa shape index (κ2) is 9.41. The van der Waals surface area contributed by atoms with Gasteiger partial charge in [-0.3, -0.25) is 4.99 Å². The summed E-state index contributed by atoms with van der Waals surface area (Å²) in [6.07, 6.45) is 11.2. The first-order chi connectivity index (χ1) is 14.4. The van der Waals surface area contributed by atoms with E-state index < -0.39 is 0 Å². The predicted octanol–water partition coefficient (Wildman–Crippen LogP) is 5.85. The van der Waals surface area contributed by atoms with Gasteiger partial charge in [-0.2, -0.15) is 5.10 Å². The topological polar surface area (TPSA) is 55.1 Å². The predicted molar refractivity (Wildman–Crippen MR) is 127 cm³/mol. The van der Waals surface area contributed by atoms with Crippen molar-refractivity contribution in [3.05, 3.63) is 59.0 Å². The van der Waals surface area contributed by atoms with Crippen LogP contribution in [0.4, 0.5) is 0 Å². The Bertz CT molecular complexity index is 981. The van der Waals surface area contributed by atoms with E-state index in [4.69, 9.17) is 15.1 Å². The second-order valence-electron chi connectivity index (χ2n) is 8.14. The average Bonchev–Trinajstić information content (AvgIpc) is 3.24. The van der Waals surface area contributed by atoms with E-state index in [1.807, 2.05) is 31.5 Å². The first-order valence-corrected chi connectivity index (χ1v) is 11.1. The van der Waals surface area contributed by atoms with E-state index in [2.05, 4.69) is 44.9 Å². The molecule has 1 aromatic heterocycles. The third-order valence-electron chi connectivity index (χ3n) is 5.91. The fourth-order valence-electron chi connectivity index (χ4n) is 4.08. The van der Waals surface area contributed by atoms with Crippen LogP contribution in [0.15, 0.2) is 52.3 Å². The molecule has 1 unspecified atom stereocenters. The van der Waals surface area contributed by atoms with Gasteiger partial charge in [-0.15, -0.1) is 0 Å². The second-order valence-corrected chi connectivity index (χ2v) is 8.14. The van der Waals surface area contributed by atoms with E-state index in [-0.39, 0.29) is 6.04 Å². The lowest BCUT2D eigenvalue weighted by atomic mass is 9.92. The van der Waals surface area contributed by atoms with Crippen LogP contribution in [0, 0.1) is 0 Å². The molecular weight excluding hydrogens is 370 g/mol. The monoisotopic (exact) mass is 405 g/mol. The van der Waals surface area contributed by atoms with E-state index in [0.717, 1.165) is 60.7 Å². The van der Waals surface area contributed by atoms with Gasteiger partial charge in [0.05, 0.1) is 11.8 Å². The van der Waals surface area contributed by atoms with Crippen molar-refractivity contribution in [1.82, 2.24) is 20.1 Å². The molecule has 160 valence electrons. The highest BCUT2D eigenvalue weighted by molar-refractivity contribution is 6.09. The van der Waals surface area contributed by atoms with Crippen LogP contribution in [0.3, 0.4) is 0 Å². The van der Waals surface area contributed by atoms with Crippen LogP contribution in [-0.4, -0.2) is 26.5 Å². The number of aromatic nitrogens is 3. The van der Waals surface area contributed by atoms with Crippen molar-refractivity contribution >= 4 is 17.0 Å². The highest BCUT2D eigenvalue weighted by atomic mass is 15.4. The van der Waals surface area contributed by atoms with Gasteiger partial charge in [0.1, 0.15) is 0 Å². The molecule has 0 aromatic carbocycles. The lowest BCUT2D eigenvalue weighted by molar-refractivity contribution is 0.793. The van der Waals surface area contributed by atoms with E-state index in [1.54, 1.807) is 0 Å². The minimum atomic E-state index is 0.184. The Kier molecular flexibility index (Phi) is 6.91. The van der Waals surface area contributed by atoms with Crippen LogP contribution in [-0.2, 0) is 6.42 Å². The molecule has 2 aliphatic rings. The van der Waals surface area contributed by atoms with E-state index in [9.17, 15) is 0 Å². The van der Waals surface area contributed by atoms with Gasteiger partial charge in [0.25, 0.3) is 0 Å². The minimum absolute atomic E-state index is 0.184. The lowest BCUT2D eigenvalue weighted by Gasteiger charge is -2.17. The molecule has 3 rings (SSSR count). The molecule has 5 heteroatoms. The Morgan fingerprint density at radius 3 is 2.63 bits per heavy atom. The first-order valence-electron chi connectivity index (χ1n) is 11.1. The van der Waals surface area contributed by atoms with Crippen LogP contribution in [0.5, 0.6) is 0 Å². The number of allylic oxidation sites excluding steroid dienone is 6. The third kappa shape index (κ3) is 4.25. The molecule has 1 atom stereocenters. The van der Waals surface area contributed by atoms with Crippen molar-refractivity contribution in [3.63, 3.8) is 0 Å². The zero-order valence-corrected chi connectivity index (χ0v) is 19.3. The summed E-state index contributed by atoms with van der Waals surface area (Å²) >= 11 is 0. The smallest absolute Gasteiger partial charge is 0.158 e. The Balaban J connectivity index is 1.85. The summed E-state index contributed by atoms with van der Waals surface area (Å²) in [6.45, 7) is 16.8. The molecule has 0 bridgehead atoms. The highest BCUT2D eigenvalue weighted by Gasteiger charge is 2.30. The molecule has 1 N–H and O–H groups in total. The molecule has 3 heterocycles. The maximum Gasteiger partial charge on any atom is 0.158 e. The van der Waals surface area contributed by atoms with Gasteiger partial charge in [0.2, 0.25) is 0 Å². The number of aryl methyl sites for hydroxylation is 1. The summed E-state index contributed by atoms with van der Waals surface area (Å²) in [5.74, 6) is 1.68. The summed E-state index contributed by atoms with van der Waals surface area (Å²) in [5.41, 5.74) is 8.47. The summed E-state index contributed by atoms with van der Waals surface area (Å²) in [5, 5.41) is 8.29. The Hall–Kier alpha value is -2.69. The van der Waals surface area contributed by atoms with E-state index >= 15 is 0 Å². The quantitative estimate of drug-likeness (QED) is 0.590. The Labute approximate surface area is 181 Å². The van der Waals surface area contributed by atoms with Crippen molar-refractivity contribution in [1.29, 1.82) is 0 Å². The maximum absolute atomic E-state index is 5.12. The molecule has 1 aromatic rings. The molecule has 0 aliphatic carbocycles. The number of fused-ring (bicyclic) bond motifs is 1. The number of rotatable bonds is 8. The van der Waals surface area contributed by atoms with Gasteiger partial charge in [-0.25, -0.2) is 9.67 Å². The molecule has 0 radical (unpaired) electrons. The zero-order chi connectivity index (χ0) is 21.8. The molecule has 0 saturated carbocycles. The lowest BCUT2D eigenvalue weighted by Crippen LogP contribution is -2.32. The first kappa shape index (κ1) is 22.0. The fraction of sp³-hybridized carbons (Fsp3) is 0.480. The van der Waals surface area contributed by atoms with Crippen molar-refractivity contribution in [3.8, 4) is 0 Å². The maximum atomic E-state index is 5.12. The summed E-state index contributed by atoms with van der Waals surface area (Å²) in [6, 6.07) is 0.184. The molecule has 0 amide bonds. The molecule has 0 saturated heterocycles. The van der Waals surface area contributed by atoms with Gasteiger partial charge >= 0.3 is 0 Å². The van der Waals surface area contributed by atoms with Gasteiger partial charge in [-0.1, -0.05) is 32.9 Å². The van der Waals surface area contributed by atoms with E-state index in [0.29, 0.717) is 0 Å². The molecular formula is C25H35N5. The van der Waals surface area contributed by atoms with Crippen LogP contribution < -0.4 is 5.32 Å². The van der Waals surface area contributed by atoms with Gasteiger partial charge in [0.15, 0.2) is 11.6 Å². The number of aliphatic imine (C=N–C) groups is 1. The Morgan fingerprint density at radius 1 is 1.23 bits per heavy atom. The van der Waals surface area contributed by atoms with Crippen LogP contribution >= 0.6 is 0 Å². The Morgan fingerprint density at radius 2 is 2.00 bits per heavy atom. The van der Waals surface area contributed by atoms with Crippen molar-refractivity contribution in [2.75, 3.05) is 0 Å². The van der Waals surface area contributed by atoms with Crippen molar-refractivity contribution in [2.24, 2.45) is 4.99 Å². The van der Waals surface area contributed by atoms with Crippen LogP contribution in [0.1, 0.15) is 78.9 Å². The third-order valence-corrected chi connectivity index (χ3v) is 5.91. The van der Waals surface area contributed by atoms with Crippen molar-refractivity contribution in [2.45, 2.75) is 79.7 Å². The number of nitrogens with one attached hydrogen (secondary N) is 1. The van der Waals surface area contributed by atoms with Crippen molar-refractivity contribution < 1.29 is 0 Å².